The van der Waals surface area contributed by atoms with E-state index in [1.165, 1.54) is 16.9 Å². The Bertz CT molecular complexity index is 1190. The molecule has 8 heteroatoms. The number of likely N-dealkylation sites (tertiary alicyclic amines) is 1. The Morgan fingerprint density at radius 2 is 2.06 bits per heavy atom. The molecular formula is C23H25N5O2S. The van der Waals surface area contributed by atoms with Crippen LogP contribution < -0.4 is 11.1 Å². The van der Waals surface area contributed by atoms with Crippen LogP contribution in [0.5, 0.6) is 0 Å². The summed E-state index contributed by atoms with van der Waals surface area (Å²) in [5, 5.41) is 14.0. The number of rotatable bonds is 5. The van der Waals surface area contributed by atoms with Crippen molar-refractivity contribution in [3.8, 4) is 6.07 Å². The smallest absolute Gasteiger partial charge is 0.248 e. The van der Waals surface area contributed by atoms with E-state index in [1.54, 1.807) is 6.07 Å². The highest BCUT2D eigenvalue weighted by Crippen LogP contribution is 2.34. The number of hydrogen-bond donors (Lipinski definition) is 3. The quantitative estimate of drug-likeness (QED) is 0.567. The number of thiophene rings is 1. The number of benzene rings is 1. The predicted molar refractivity (Wildman–Crippen MR) is 122 cm³/mol. The standard InChI is InChI=1S/C23H25N5O2S/c1-13-14(2)31-23(18(13)10-24)27-21(29)12-28-7-5-15(6-8-28)19-11-26-20-4-3-16(22(25)30)9-17(19)20/h3-4,9,11,15,26H,5-8,12H2,1-2H3,(H2,25,30)(H,27,29). The van der Waals surface area contributed by atoms with Crippen molar-refractivity contribution in [2.45, 2.75) is 32.6 Å². The molecular weight excluding hydrogens is 410 g/mol. The molecule has 0 saturated carbocycles. The third-order valence-electron chi connectivity index (χ3n) is 6.14. The number of aromatic nitrogens is 1. The summed E-state index contributed by atoms with van der Waals surface area (Å²) in [6.45, 7) is 5.80. The van der Waals surface area contributed by atoms with Crippen molar-refractivity contribution in [1.82, 2.24) is 9.88 Å². The van der Waals surface area contributed by atoms with Crippen molar-refractivity contribution in [1.29, 1.82) is 5.26 Å². The van der Waals surface area contributed by atoms with Gasteiger partial charge in [-0.15, -0.1) is 11.3 Å². The lowest BCUT2D eigenvalue weighted by atomic mass is 9.89. The van der Waals surface area contributed by atoms with Crippen molar-refractivity contribution < 1.29 is 9.59 Å². The zero-order chi connectivity index (χ0) is 22.1. The lowest BCUT2D eigenvalue weighted by Crippen LogP contribution is -2.38. The number of hydrogen-bond acceptors (Lipinski definition) is 5. The van der Waals surface area contributed by atoms with Crippen molar-refractivity contribution in [2.24, 2.45) is 5.73 Å². The van der Waals surface area contributed by atoms with E-state index in [2.05, 4.69) is 21.3 Å². The molecule has 4 N–H and O–H groups in total. The van der Waals surface area contributed by atoms with Gasteiger partial charge in [-0.2, -0.15) is 5.26 Å². The molecule has 3 aromatic rings. The third kappa shape index (κ3) is 4.20. The molecule has 1 aromatic carbocycles. The van der Waals surface area contributed by atoms with E-state index in [0.717, 1.165) is 47.3 Å². The van der Waals surface area contributed by atoms with Crippen molar-refractivity contribution in [3.05, 3.63) is 51.5 Å². The van der Waals surface area contributed by atoms with Gasteiger partial charge in [-0.3, -0.25) is 14.5 Å². The second-order valence-electron chi connectivity index (χ2n) is 8.07. The molecule has 3 heterocycles. The predicted octanol–water partition coefficient (Wildman–Crippen LogP) is 3.63. The molecule has 0 unspecified atom stereocenters. The monoisotopic (exact) mass is 435 g/mol. The molecule has 1 aliphatic rings. The number of nitrogens with one attached hydrogen (secondary N) is 2. The molecule has 7 nitrogen and oxygen atoms in total. The van der Waals surface area contributed by atoms with Crippen LogP contribution in [0.4, 0.5) is 5.00 Å². The molecule has 1 fully saturated rings. The molecule has 160 valence electrons. The van der Waals surface area contributed by atoms with Crippen molar-refractivity contribution in [2.75, 3.05) is 25.0 Å². The fourth-order valence-corrected chi connectivity index (χ4v) is 5.28. The Morgan fingerprint density at radius 3 is 2.74 bits per heavy atom. The van der Waals surface area contributed by atoms with Gasteiger partial charge in [0, 0.05) is 27.5 Å². The molecule has 1 saturated heterocycles. The van der Waals surface area contributed by atoms with E-state index < -0.39 is 5.91 Å². The summed E-state index contributed by atoms with van der Waals surface area (Å²) in [6.07, 6.45) is 3.89. The number of carbonyl (C=O) groups excluding carboxylic acids is 2. The van der Waals surface area contributed by atoms with Gasteiger partial charge < -0.3 is 16.0 Å². The lowest BCUT2D eigenvalue weighted by molar-refractivity contribution is -0.117. The van der Waals surface area contributed by atoms with Gasteiger partial charge >= 0.3 is 0 Å². The second-order valence-corrected chi connectivity index (χ2v) is 9.29. The summed E-state index contributed by atoms with van der Waals surface area (Å²) in [7, 11) is 0. The lowest BCUT2D eigenvalue weighted by Gasteiger charge is -2.31. The van der Waals surface area contributed by atoms with E-state index in [4.69, 9.17) is 5.73 Å². The minimum absolute atomic E-state index is 0.0885. The number of nitriles is 1. The molecule has 31 heavy (non-hydrogen) atoms. The summed E-state index contributed by atoms with van der Waals surface area (Å²) < 4.78 is 0. The number of amides is 2. The van der Waals surface area contributed by atoms with Gasteiger partial charge in [-0.1, -0.05) is 0 Å². The summed E-state index contributed by atoms with van der Waals surface area (Å²) in [6, 6.07) is 7.68. The largest absolute Gasteiger partial charge is 0.366 e. The van der Waals surface area contributed by atoms with Gasteiger partial charge in [-0.25, -0.2) is 0 Å². The Morgan fingerprint density at radius 1 is 1.32 bits per heavy atom. The molecule has 4 rings (SSSR count). The number of aromatic amines is 1. The Hall–Kier alpha value is -3.15. The van der Waals surface area contributed by atoms with Crippen molar-refractivity contribution in [3.63, 3.8) is 0 Å². The normalized spacial score (nSPS) is 15.1. The molecule has 0 atom stereocenters. The number of primary amides is 1. The highest BCUT2D eigenvalue weighted by atomic mass is 32.1. The number of fused-ring (bicyclic) bond motifs is 1. The molecule has 0 aliphatic carbocycles. The Labute approximate surface area is 184 Å². The van der Waals surface area contributed by atoms with Crippen LogP contribution in [0, 0.1) is 25.2 Å². The van der Waals surface area contributed by atoms with E-state index in [9.17, 15) is 14.9 Å². The minimum Gasteiger partial charge on any atom is -0.366 e. The zero-order valence-corrected chi connectivity index (χ0v) is 18.4. The number of piperidine rings is 1. The highest BCUT2D eigenvalue weighted by molar-refractivity contribution is 7.16. The van der Waals surface area contributed by atoms with E-state index >= 15 is 0 Å². The number of nitrogens with zero attached hydrogens (tertiary/aromatic N) is 2. The number of anilines is 1. The molecule has 0 spiro atoms. The van der Waals surface area contributed by atoms with Crippen LogP contribution >= 0.6 is 11.3 Å². The maximum atomic E-state index is 12.6. The van der Waals surface area contributed by atoms with Crippen LogP contribution in [0.1, 0.15) is 50.7 Å². The topological polar surface area (TPSA) is 115 Å². The molecule has 0 radical (unpaired) electrons. The van der Waals surface area contributed by atoms with Gasteiger partial charge in [0.15, 0.2) is 0 Å². The van der Waals surface area contributed by atoms with E-state index in [0.29, 0.717) is 28.6 Å². The molecule has 2 amide bonds. The summed E-state index contributed by atoms with van der Waals surface area (Å²) >= 11 is 1.45. The van der Waals surface area contributed by atoms with Gasteiger partial charge in [0.05, 0.1) is 12.1 Å². The van der Waals surface area contributed by atoms with E-state index in [1.807, 2.05) is 32.2 Å². The van der Waals surface area contributed by atoms with Gasteiger partial charge in [0.25, 0.3) is 0 Å². The molecule has 0 bridgehead atoms. The number of H-pyrrole nitrogens is 1. The first-order valence-corrected chi connectivity index (χ1v) is 11.1. The Balaban J connectivity index is 1.38. The van der Waals surface area contributed by atoms with Crippen LogP contribution in [-0.4, -0.2) is 41.3 Å². The zero-order valence-electron chi connectivity index (χ0n) is 17.6. The molecule has 1 aliphatic heterocycles. The minimum atomic E-state index is -0.425. The maximum Gasteiger partial charge on any atom is 0.248 e. The number of nitrogens with two attached hydrogens (primary N) is 1. The molecule has 2 aromatic heterocycles. The van der Waals surface area contributed by atoms with Crippen LogP contribution in [-0.2, 0) is 4.79 Å². The first-order valence-electron chi connectivity index (χ1n) is 10.3. The van der Waals surface area contributed by atoms with E-state index in [-0.39, 0.29) is 5.91 Å². The first-order chi connectivity index (χ1) is 14.9. The van der Waals surface area contributed by atoms with Gasteiger partial charge in [-0.05, 0) is 75.0 Å². The highest BCUT2D eigenvalue weighted by Gasteiger charge is 2.25. The SMILES string of the molecule is Cc1sc(NC(=O)CN2CCC(c3c[nH]c4ccc(C(N)=O)cc34)CC2)c(C#N)c1C. The summed E-state index contributed by atoms with van der Waals surface area (Å²) in [4.78, 5) is 30.6. The fraction of sp³-hybridized carbons (Fsp3) is 0.348. The van der Waals surface area contributed by atoms with Crippen LogP contribution in [0.3, 0.4) is 0 Å². The summed E-state index contributed by atoms with van der Waals surface area (Å²) in [5.74, 6) is -0.149. The fourth-order valence-electron chi connectivity index (χ4n) is 4.25. The summed E-state index contributed by atoms with van der Waals surface area (Å²) in [5.41, 5.74) is 9.64. The van der Waals surface area contributed by atoms with Gasteiger partial charge in [0.1, 0.15) is 11.1 Å². The average molecular weight is 436 g/mol. The average Bonchev–Trinajstić information content (AvgIpc) is 3.28. The van der Waals surface area contributed by atoms with Crippen LogP contribution in [0.25, 0.3) is 10.9 Å². The third-order valence-corrected chi connectivity index (χ3v) is 7.27. The number of aryl methyl sites for hydroxylation is 1. The number of carbonyl (C=O) groups is 2. The maximum absolute atomic E-state index is 12.6. The Kier molecular flexibility index (Phi) is 5.81. The second kappa shape index (κ2) is 8.53. The van der Waals surface area contributed by atoms with Crippen molar-refractivity contribution >= 4 is 39.1 Å². The van der Waals surface area contributed by atoms with Crippen LogP contribution in [0.15, 0.2) is 24.4 Å². The van der Waals surface area contributed by atoms with Crippen LogP contribution in [0.2, 0.25) is 0 Å². The van der Waals surface area contributed by atoms with Gasteiger partial charge in [0.2, 0.25) is 11.8 Å². The first kappa shape index (κ1) is 21.1.